The van der Waals surface area contributed by atoms with Gasteiger partial charge in [-0.05, 0) is 36.8 Å². The van der Waals surface area contributed by atoms with Gasteiger partial charge in [-0.1, -0.05) is 6.07 Å². The predicted octanol–water partition coefficient (Wildman–Crippen LogP) is 2.73. The maximum atomic E-state index is 12.3. The summed E-state index contributed by atoms with van der Waals surface area (Å²) < 4.78 is 16.4. The SMILES string of the molecule is Cc1oc(CN(C)C(=O)/C=C/c2ccc3c(c2)OCCO3)cc1C(=O)O. The number of amides is 1. The second-order valence-corrected chi connectivity index (χ2v) is 5.92. The van der Waals surface area contributed by atoms with Gasteiger partial charge in [0, 0.05) is 13.1 Å². The molecular formula is C19H19NO6. The van der Waals surface area contributed by atoms with Crippen molar-refractivity contribution in [3.63, 3.8) is 0 Å². The molecule has 1 amide bonds. The Balaban J connectivity index is 1.64. The highest BCUT2D eigenvalue weighted by molar-refractivity contribution is 5.92. The fourth-order valence-electron chi connectivity index (χ4n) is 2.60. The summed E-state index contributed by atoms with van der Waals surface area (Å²) in [5, 5.41) is 9.05. The van der Waals surface area contributed by atoms with Crippen molar-refractivity contribution in [1.29, 1.82) is 0 Å². The highest BCUT2D eigenvalue weighted by Gasteiger charge is 2.16. The lowest BCUT2D eigenvalue weighted by Crippen LogP contribution is -2.23. The number of fused-ring (bicyclic) bond motifs is 1. The highest BCUT2D eigenvalue weighted by Crippen LogP contribution is 2.31. The van der Waals surface area contributed by atoms with E-state index in [2.05, 4.69) is 0 Å². The van der Waals surface area contributed by atoms with Gasteiger partial charge in [0.25, 0.3) is 0 Å². The van der Waals surface area contributed by atoms with Gasteiger partial charge in [-0.25, -0.2) is 4.79 Å². The monoisotopic (exact) mass is 357 g/mol. The molecule has 0 bridgehead atoms. The number of carboxylic acids is 1. The van der Waals surface area contributed by atoms with E-state index in [-0.39, 0.29) is 18.0 Å². The number of carbonyl (C=O) groups is 2. The van der Waals surface area contributed by atoms with E-state index in [9.17, 15) is 9.59 Å². The molecule has 26 heavy (non-hydrogen) atoms. The molecule has 136 valence electrons. The van der Waals surface area contributed by atoms with Crippen LogP contribution in [0.1, 0.15) is 27.4 Å². The van der Waals surface area contributed by atoms with E-state index in [0.29, 0.717) is 36.2 Å². The van der Waals surface area contributed by atoms with Gasteiger partial charge >= 0.3 is 5.97 Å². The van der Waals surface area contributed by atoms with E-state index in [1.807, 2.05) is 12.1 Å². The van der Waals surface area contributed by atoms with Crippen molar-refractivity contribution in [2.45, 2.75) is 13.5 Å². The molecule has 1 aliphatic heterocycles. The third-order valence-corrected chi connectivity index (χ3v) is 3.95. The fraction of sp³-hybridized carbons (Fsp3) is 0.263. The van der Waals surface area contributed by atoms with Crippen LogP contribution in [0.25, 0.3) is 6.08 Å². The molecule has 0 atom stereocenters. The number of furan rings is 1. The molecule has 1 aromatic carbocycles. The van der Waals surface area contributed by atoms with Gasteiger partial charge in [0.2, 0.25) is 5.91 Å². The summed E-state index contributed by atoms with van der Waals surface area (Å²) in [5.74, 6) is 0.810. The fourth-order valence-corrected chi connectivity index (χ4v) is 2.60. The first-order chi connectivity index (χ1) is 12.4. The molecule has 0 saturated heterocycles. The lowest BCUT2D eigenvalue weighted by atomic mass is 10.1. The number of carbonyl (C=O) groups excluding carboxylic acids is 1. The van der Waals surface area contributed by atoms with Crippen molar-refractivity contribution in [2.24, 2.45) is 0 Å². The van der Waals surface area contributed by atoms with Crippen molar-refractivity contribution < 1.29 is 28.6 Å². The third-order valence-electron chi connectivity index (χ3n) is 3.95. The van der Waals surface area contributed by atoms with Crippen LogP contribution in [0.4, 0.5) is 0 Å². The first kappa shape index (κ1) is 17.6. The minimum Gasteiger partial charge on any atom is -0.486 e. The maximum Gasteiger partial charge on any atom is 0.339 e. The molecule has 7 nitrogen and oxygen atoms in total. The number of rotatable bonds is 5. The van der Waals surface area contributed by atoms with E-state index in [0.717, 1.165) is 5.56 Å². The van der Waals surface area contributed by atoms with Crippen LogP contribution in [-0.4, -0.2) is 42.1 Å². The molecular weight excluding hydrogens is 338 g/mol. The number of aromatic carboxylic acids is 1. The summed E-state index contributed by atoms with van der Waals surface area (Å²) >= 11 is 0. The van der Waals surface area contributed by atoms with Gasteiger partial charge in [-0.3, -0.25) is 4.79 Å². The molecule has 0 spiro atoms. The number of likely N-dealkylation sites (N-methyl/N-ethyl adjacent to an activating group) is 1. The average molecular weight is 357 g/mol. The molecule has 0 aliphatic carbocycles. The minimum atomic E-state index is -1.05. The Labute approximate surface area is 150 Å². The number of nitrogens with zero attached hydrogens (tertiary/aromatic N) is 1. The van der Waals surface area contributed by atoms with Gasteiger partial charge in [0.15, 0.2) is 11.5 Å². The van der Waals surface area contributed by atoms with Gasteiger partial charge in [0.1, 0.15) is 30.3 Å². The topological polar surface area (TPSA) is 89.2 Å². The number of carboxylic acid groups (broad SMARTS) is 1. The van der Waals surface area contributed by atoms with Crippen molar-refractivity contribution in [3.8, 4) is 11.5 Å². The van der Waals surface area contributed by atoms with Crippen LogP contribution >= 0.6 is 0 Å². The van der Waals surface area contributed by atoms with Crippen LogP contribution in [0.3, 0.4) is 0 Å². The number of hydrogen-bond donors (Lipinski definition) is 1. The van der Waals surface area contributed by atoms with Crippen LogP contribution in [0.5, 0.6) is 11.5 Å². The third kappa shape index (κ3) is 3.88. The minimum absolute atomic E-state index is 0.104. The van der Waals surface area contributed by atoms with Crippen molar-refractivity contribution in [1.82, 2.24) is 4.90 Å². The smallest absolute Gasteiger partial charge is 0.339 e. The number of ether oxygens (including phenoxy) is 2. The molecule has 7 heteroatoms. The lowest BCUT2D eigenvalue weighted by Gasteiger charge is -2.18. The maximum absolute atomic E-state index is 12.3. The van der Waals surface area contributed by atoms with Crippen LogP contribution < -0.4 is 9.47 Å². The van der Waals surface area contributed by atoms with Gasteiger partial charge in [0.05, 0.1) is 6.54 Å². The molecule has 0 saturated carbocycles. The van der Waals surface area contributed by atoms with E-state index in [1.54, 1.807) is 26.1 Å². The summed E-state index contributed by atoms with van der Waals surface area (Å²) in [5.41, 5.74) is 0.922. The molecule has 0 radical (unpaired) electrons. The molecule has 1 aliphatic rings. The summed E-state index contributed by atoms with van der Waals surface area (Å²) in [6.07, 6.45) is 3.13. The van der Waals surface area contributed by atoms with Crippen molar-refractivity contribution in [3.05, 3.63) is 53.0 Å². The first-order valence-corrected chi connectivity index (χ1v) is 8.09. The molecule has 1 aromatic heterocycles. The van der Waals surface area contributed by atoms with Gasteiger partial charge in [-0.15, -0.1) is 0 Å². The molecule has 3 rings (SSSR count). The van der Waals surface area contributed by atoms with Crippen LogP contribution in [0.15, 0.2) is 34.8 Å². The van der Waals surface area contributed by atoms with E-state index >= 15 is 0 Å². The molecule has 2 aromatic rings. The standard InChI is InChI=1S/C19H19NO6/c1-12-15(19(22)23)10-14(26-12)11-20(2)18(21)6-4-13-3-5-16-17(9-13)25-8-7-24-16/h3-6,9-10H,7-8,11H2,1-2H3,(H,22,23)/b6-4+. The van der Waals surface area contributed by atoms with E-state index in [1.165, 1.54) is 17.0 Å². The Bertz CT molecular complexity index is 867. The van der Waals surface area contributed by atoms with E-state index < -0.39 is 5.97 Å². The Hall–Kier alpha value is -3.22. The zero-order valence-corrected chi connectivity index (χ0v) is 14.5. The second-order valence-electron chi connectivity index (χ2n) is 5.92. The quantitative estimate of drug-likeness (QED) is 0.828. The molecule has 0 fully saturated rings. The Morgan fingerprint density at radius 3 is 2.62 bits per heavy atom. The first-order valence-electron chi connectivity index (χ1n) is 8.09. The Morgan fingerprint density at radius 2 is 1.92 bits per heavy atom. The number of hydrogen-bond acceptors (Lipinski definition) is 5. The van der Waals surface area contributed by atoms with Gasteiger partial charge in [-0.2, -0.15) is 0 Å². The zero-order chi connectivity index (χ0) is 18.7. The summed E-state index contributed by atoms with van der Waals surface area (Å²) in [6.45, 7) is 2.79. The summed E-state index contributed by atoms with van der Waals surface area (Å²) in [4.78, 5) is 24.7. The zero-order valence-electron chi connectivity index (χ0n) is 14.5. The van der Waals surface area contributed by atoms with Crippen molar-refractivity contribution >= 4 is 18.0 Å². The van der Waals surface area contributed by atoms with E-state index in [4.69, 9.17) is 19.0 Å². The van der Waals surface area contributed by atoms with Crippen LogP contribution in [-0.2, 0) is 11.3 Å². The average Bonchev–Trinajstić information content (AvgIpc) is 2.99. The molecule has 1 N–H and O–H groups in total. The number of benzene rings is 1. The van der Waals surface area contributed by atoms with Crippen LogP contribution in [0, 0.1) is 6.92 Å². The predicted molar refractivity (Wildman–Crippen MR) is 93.3 cm³/mol. The van der Waals surface area contributed by atoms with Gasteiger partial charge < -0.3 is 23.9 Å². The van der Waals surface area contributed by atoms with Crippen molar-refractivity contribution in [2.75, 3.05) is 20.3 Å². The number of aryl methyl sites for hydroxylation is 1. The summed E-state index contributed by atoms with van der Waals surface area (Å²) in [6, 6.07) is 6.90. The molecule has 2 heterocycles. The summed E-state index contributed by atoms with van der Waals surface area (Å²) in [7, 11) is 1.62. The lowest BCUT2D eigenvalue weighted by molar-refractivity contribution is -0.125. The largest absolute Gasteiger partial charge is 0.486 e. The second kappa shape index (κ2) is 7.35. The Morgan fingerprint density at radius 1 is 1.19 bits per heavy atom. The highest BCUT2D eigenvalue weighted by atomic mass is 16.6. The van der Waals surface area contributed by atoms with Crippen LogP contribution in [0.2, 0.25) is 0 Å². The molecule has 0 unspecified atom stereocenters. The Kier molecular flexibility index (Phi) is 4.97. The normalized spacial score (nSPS) is 13.0.